The molecule has 0 radical (unpaired) electrons. The van der Waals surface area contributed by atoms with Crippen LogP contribution in [-0.2, 0) is 11.3 Å². The van der Waals surface area contributed by atoms with Crippen molar-refractivity contribution in [2.75, 3.05) is 5.32 Å². The third-order valence-electron chi connectivity index (χ3n) is 2.98. The van der Waals surface area contributed by atoms with E-state index >= 15 is 0 Å². The summed E-state index contributed by atoms with van der Waals surface area (Å²) in [5.41, 5.74) is 2.20. The maximum absolute atomic E-state index is 12.0. The number of pyridine rings is 1. The second kappa shape index (κ2) is 6.39. The molecule has 21 heavy (non-hydrogen) atoms. The Hall–Kier alpha value is -2.37. The first kappa shape index (κ1) is 15.0. The lowest BCUT2D eigenvalue weighted by atomic mass is 10.2. The zero-order valence-corrected chi connectivity index (χ0v) is 12.6. The fourth-order valence-electron chi connectivity index (χ4n) is 1.91. The van der Waals surface area contributed by atoms with E-state index in [1.54, 1.807) is 18.3 Å². The molecule has 2 rings (SSSR count). The summed E-state index contributed by atoms with van der Waals surface area (Å²) in [5.74, 6) is 0.852. The first-order valence-electron chi connectivity index (χ1n) is 6.80. The predicted octanol–water partition coefficient (Wildman–Crippen LogP) is 2.86. The van der Waals surface area contributed by atoms with Crippen LogP contribution >= 0.6 is 0 Å². The van der Waals surface area contributed by atoms with Crippen LogP contribution < -0.4 is 5.32 Å². The third kappa shape index (κ3) is 3.59. The van der Waals surface area contributed by atoms with Gasteiger partial charge in [-0.2, -0.15) is 0 Å². The summed E-state index contributed by atoms with van der Waals surface area (Å²) in [6, 6.07) is 3.39. The molecule has 2 aromatic rings. The maximum Gasteiger partial charge on any atom is 0.342 e. The number of hydrogen-bond acceptors (Lipinski definition) is 6. The van der Waals surface area contributed by atoms with Crippen LogP contribution in [0, 0.1) is 13.8 Å². The first-order valence-corrected chi connectivity index (χ1v) is 6.80. The normalized spacial score (nSPS) is 10.7. The SMILES string of the molecule is Cc1noc(C)c1CNc1ncccc1C(=O)OC(C)C. The number of hydrogen-bond donors (Lipinski definition) is 1. The Morgan fingerprint density at radius 2 is 2.19 bits per heavy atom. The molecule has 0 aliphatic rings. The van der Waals surface area contributed by atoms with Crippen LogP contribution in [0.2, 0.25) is 0 Å². The molecule has 2 heterocycles. The Kier molecular flexibility index (Phi) is 4.57. The summed E-state index contributed by atoms with van der Waals surface area (Å²) in [6.07, 6.45) is 1.45. The summed E-state index contributed by atoms with van der Waals surface area (Å²) in [4.78, 5) is 16.2. The van der Waals surface area contributed by atoms with Gasteiger partial charge in [-0.25, -0.2) is 9.78 Å². The number of nitrogens with one attached hydrogen (secondary N) is 1. The van der Waals surface area contributed by atoms with Gasteiger partial charge in [0, 0.05) is 18.3 Å². The number of esters is 1. The van der Waals surface area contributed by atoms with Gasteiger partial charge in [0.25, 0.3) is 0 Å². The van der Waals surface area contributed by atoms with Crippen molar-refractivity contribution in [3.63, 3.8) is 0 Å². The van der Waals surface area contributed by atoms with Crippen LogP contribution in [0.4, 0.5) is 5.82 Å². The van der Waals surface area contributed by atoms with Gasteiger partial charge in [0.05, 0.1) is 11.8 Å². The highest BCUT2D eigenvalue weighted by Crippen LogP contribution is 2.18. The Balaban J connectivity index is 2.15. The number of aromatic nitrogens is 2. The Labute approximate surface area is 123 Å². The smallest absolute Gasteiger partial charge is 0.342 e. The lowest BCUT2D eigenvalue weighted by molar-refractivity contribution is 0.0378. The van der Waals surface area contributed by atoms with Gasteiger partial charge in [-0.05, 0) is 39.8 Å². The van der Waals surface area contributed by atoms with Gasteiger partial charge in [0.1, 0.15) is 17.1 Å². The molecule has 0 saturated carbocycles. The van der Waals surface area contributed by atoms with Gasteiger partial charge in [0.15, 0.2) is 0 Å². The van der Waals surface area contributed by atoms with Crippen molar-refractivity contribution in [3.05, 3.63) is 40.9 Å². The van der Waals surface area contributed by atoms with Crippen LogP contribution in [0.25, 0.3) is 0 Å². The quantitative estimate of drug-likeness (QED) is 0.853. The molecule has 0 atom stereocenters. The van der Waals surface area contributed by atoms with E-state index in [2.05, 4.69) is 15.5 Å². The standard InChI is InChI=1S/C15H19N3O3/c1-9(2)20-15(19)12-6-5-7-16-14(12)17-8-13-10(3)18-21-11(13)4/h5-7,9H,8H2,1-4H3,(H,16,17). The number of rotatable bonds is 5. The molecule has 0 spiro atoms. The minimum absolute atomic E-state index is 0.173. The van der Waals surface area contributed by atoms with Crippen LogP contribution in [0.15, 0.2) is 22.9 Å². The van der Waals surface area contributed by atoms with E-state index in [-0.39, 0.29) is 12.1 Å². The number of anilines is 1. The molecule has 0 aromatic carbocycles. The molecule has 0 aliphatic heterocycles. The molecule has 1 N–H and O–H groups in total. The Morgan fingerprint density at radius 3 is 2.81 bits per heavy atom. The number of carbonyl (C=O) groups excluding carboxylic acids is 1. The zero-order valence-electron chi connectivity index (χ0n) is 12.6. The van der Waals surface area contributed by atoms with Crippen molar-refractivity contribution in [2.24, 2.45) is 0 Å². The average Bonchev–Trinajstić information content (AvgIpc) is 2.75. The Morgan fingerprint density at radius 1 is 1.43 bits per heavy atom. The van der Waals surface area contributed by atoms with E-state index in [0.717, 1.165) is 17.0 Å². The van der Waals surface area contributed by atoms with Crippen molar-refractivity contribution < 1.29 is 14.1 Å². The monoisotopic (exact) mass is 289 g/mol. The second-order valence-corrected chi connectivity index (χ2v) is 5.01. The van der Waals surface area contributed by atoms with E-state index < -0.39 is 0 Å². The first-order chi connectivity index (χ1) is 9.99. The molecule has 2 aromatic heterocycles. The van der Waals surface area contributed by atoms with E-state index in [4.69, 9.17) is 9.26 Å². The molecule has 0 fully saturated rings. The predicted molar refractivity (Wildman–Crippen MR) is 78.1 cm³/mol. The topological polar surface area (TPSA) is 77.3 Å². The molecule has 112 valence electrons. The lowest BCUT2D eigenvalue weighted by Gasteiger charge is -2.12. The van der Waals surface area contributed by atoms with Gasteiger partial charge in [-0.3, -0.25) is 0 Å². The summed E-state index contributed by atoms with van der Waals surface area (Å²) in [7, 11) is 0. The van der Waals surface area contributed by atoms with Crippen molar-refractivity contribution in [3.8, 4) is 0 Å². The minimum Gasteiger partial charge on any atom is -0.459 e. The minimum atomic E-state index is -0.389. The summed E-state index contributed by atoms with van der Waals surface area (Å²) >= 11 is 0. The average molecular weight is 289 g/mol. The molecule has 0 unspecified atom stereocenters. The summed E-state index contributed by atoms with van der Waals surface area (Å²) in [6.45, 7) is 7.83. The molecular formula is C15H19N3O3. The molecule has 0 amide bonds. The van der Waals surface area contributed by atoms with Gasteiger partial charge in [-0.1, -0.05) is 5.16 Å². The Bertz CT molecular complexity index is 615. The highest BCUT2D eigenvalue weighted by Gasteiger charge is 2.16. The van der Waals surface area contributed by atoms with Crippen molar-refractivity contribution >= 4 is 11.8 Å². The van der Waals surface area contributed by atoms with Crippen molar-refractivity contribution in [1.82, 2.24) is 10.1 Å². The van der Waals surface area contributed by atoms with E-state index in [1.807, 2.05) is 27.7 Å². The number of carbonyl (C=O) groups is 1. The van der Waals surface area contributed by atoms with Gasteiger partial charge < -0.3 is 14.6 Å². The zero-order chi connectivity index (χ0) is 15.4. The molecular weight excluding hydrogens is 270 g/mol. The van der Waals surface area contributed by atoms with Gasteiger partial charge in [-0.15, -0.1) is 0 Å². The van der Waals surface area contributed by atoms with E-state index in [0.29, 0.717) is 17.9 Å². The van der Waals surface area contributed by atoms with Crippen LogP contribution in [0.5, 0.6) is 0 Å². The lowest BCUT2D eigenvalue weighted by Crippen LogP contribution is -2.15. The van der Waals surface area contributed by atoms with Gasteiger partial charge in [0.2, 0.25) is 0 Å². The molecule has 0 bridgehead atoms. The number of nitrogens with zero attached hydrogens (tertiary/aromatic N) is 2. The molecule has 0 saturated heterocycles. The molecule has 6 heteroatoms. The van der Waals surface area contributed by atoms with E-state index in [9.17, 15) is 4.79 Å². The second-order valence-electron chi connectivity index (χ2n) is 5.01. The fraction of sp³-hybridized carbons (Fsp3) is 0.400. The number of ether oxygens (including phenoxy) is 1. The highest BCUT2D eigenvalue weighted by atomic mass is 16.5. The van der Waals surface area contributed by atoms with Gasteiger partial charge >= 0.3 is 5.97 Å². The maximum atomic E-state index is 12.0. The largest absolute Gasteiger partial charge is 0.459 e. The van der Waals surface area contributed by atoms with E-state index in [1.165, 1.54) is 0 Å². The fourth-order valence-corrected chi connectivity index (χ4v) is 1.91. The highest BCUT2D eigenvalue weighted by molar-refractivity contribution is 5.94. The van der Waals surface area contributed by atoms with Crippen LogP contribution in [0.3, 0.4) is 0 Å². The van der Waals surface area contributed by atoms with Crippen LogP contribution in [0.1, 0.15) is 41.2 Å². The number of aryl methyl sites for hydroxylation is 2. The van der Waals surface area contributed by atoms with Crippen molar-refractivity contribution in [1.29, 1.82) is 0 Å². The molecule has 0 aliphatic carbocycles. The van der Waals surface area contributed by atoms with Crippen molar-refractivity contribution in [2.45, 2.75) is 40.3 Å². The summed E-state index contributed by atoms with van der Waals surface area (Å²) in [5, 5.41) is 7.04. The third-order valence-corrected chi connectivity index (χ3v) is 2.98. The molecule has 6 nitrogen and oxygen atoms in total. The summed E-state index contributed by atoms with van der Waals surface area (Å²) < 4.78 is 10.3. The van der Waals surface area contributed by atoms with Crippen LogP contribution in [-0.4, -0.2) is 22.2 Å².